The maximum absolute atomic E-state index is 4.74. The normalized spacial score (nSPS) is 22.2. The first kappa shape index (κ1) is 17.7. The summed E-state index contributed by atoms with van der Waals surface area (Å²) < 4.78 is 0. The summed E-state index contributed by atoms with van der Waals surface area (Å²) in [7, 11) is 0. The fraction of sp³-hybridized carbons (Fsp3) is 0.722. The van der Waals surface area contributed by atoms with Crippen molar-refractivity contribution in [1.82, 2.24) is 15.2 Å². The van der Waals surface area contributed by atoms with Crippen molar-refractivity contribution in [2.24, 2.45) is 5.92 Å². The van der Waals surface area contributed by atoms with Gasteiger partial charge in [-0.2, -0.15) is 0 Å². The van der Waals surface area contributed by atoms with Gasteiger partial charge in [-0.25, -0.2) is 0 Å². The van der Waals surface area contributed by atoms with Gasteiger partial charge in [0.25, 0.3) is 0 Å². The van der Waals surface area contributed by atoms with Crippen LogP contribution in [0.5, 0.6) is 0 Å². The van der Waals surface area contributed by atoms with E-state index in [2.05, 4.69) is 29.3 Å². The van der Waals surface area contributed by atoms with Crippen molar-refractivity contribution >= 4 is 12.4 Å². The van der Waals surface area contributed by atoms with Gasteiger partial charge >= 0.3 is 0 Å². The van der Waals surface area contributed by atoms with Crippen molar-refractivity contribution in [2.45, 2.75) is 51.5 Å². The molecule has 1 fully saturated rings. The average Bonchev–Trinajstić information content (AvgIpc) is 2.55. The Kier molecular flexibility index (Phi) is 7.13. The number of hydrogen-bond donors (Lipinski definition) is 1. The van der Waals surface area contributed by atoms with Gasteiger partial charge in [-0.3, -0.25) is 9.88 Å². The number of halogens is 1. The molecule has 1 unspecified atom stereocenters. The minimum absolute atomic E-state index is 0. The van der Waals surface area contributed by atoms with Gasteiger partial charge < -0.3 is 5.32 Å². The predicted octanol–water partition coefficient (Wildman–Crippen LogP) is 3.59. The summed E-state index contributed by atoms with van der Waals surface area (Å²) in [5.74, 6) is 0.867. The smallest absolute Gasteiger partial charge is 0.0607 e. The zero-order chi connectivity index (χ0) is 14.5. The van der Waals surface area contributed by atoms with Crippen LogP contribution in [0.15, 0.2) is 18.3 Å². The third-order valence-corrected chi connectivity index (χ3v) is 5.07. The lowest BCUT2D eigenvalue weighted by molar-refractivity contribution is 0.135. The highest BCUT2D eigenvalue weighted by Gasteiger charge is 2.28. The SMILES string of the molecule is CCCN(CC1CCNCC1)C1CCCc2cccnc21.Cl. The molecular weight excluding hydrogens is 294 g/mol. The van der Waals surface area contributed by atoms with Crippen molar-refractivity contribution < 1.29 is 0 Å². The average molecular weight is 324 g/mol. The predicted molar refractivity (Wildman–Crippen MR) is 94.6 cm³/mol. The van der Waals surface area contributed by atoms with Crippen molar-refractivity contribution in [2.75, 3.05) is 26.2 Å². The molecule has 0 aromatic carbocycles. The van der Waals surface area contributed by atoms with E-state index in [4.69, 9.17) is 4.98 Å². The molecule has 1 saturated heterocycles. The summed E-state index contributed by atoms with van der Waals surface area (Å²) in [5.41, 5.74) is 2.85. The van der Waals surface area contributed by atoms with Crippen LogP contribution in [-0.2, 0) is 6.42 Å². The lowest BCUT2D eigenvalue weighted by Gasteiger charge is -2.38. The van der Waals surface area contributed by atoms with Crippen LogP contribution in [-0.4, -0.2) is 36.1 Å². The number of pyridine rings is 1. The molecule has 0 bridgehead atoms. The topological polar surface area (TPSA) is 28.2 Å². The van der Waals surface area contributed by atoms with Gasteiger partial charge in [0.15, 0.2) is 0 Å². The Morgan fingerprint density at radius 3 is 2.86 bits per heavy atom. The highest BCUT2D eigenvalue weighted by molar-refractivity contribution is 5.85. The summed E-state index contributed by atoms with van der Waals surface area (Å²) in [4.78, 5) is 7.48. The van der Waals surface area contributed by atoms with Gasteiger partial charge in [-0.05, 0) is 75.7 Å². The molecule has 2 aliphatic rings. The first-order chi connectivity index (χ1) is 10.4. The van der Waals surface area contributed by atoms with Crippen LogP contribution in [0.3, 0.4) is 0 Å². The lowest BCUT2D eigenvalue weighted by Crippen LogP contribution is -2.39. The van der Waals surface area contributed by atoms with E-state index in [1.165, 1.54) is 76.0 Å². The molecule has 3 rings (SSSR count). The van der Waals surface area contributed by atoms with Gasteiger partial charge in [-0.1, -0.05) is 13.0 Å². The van der Waals surface area contributed by atoms with Crippen LogP contribution in [0, 0.1) is 5.92 Å². The van der Waals surface area contributed by atoms with Crippen LogP contribution in [0.2, 0.25) is 0 Å². The first-order valence-corrected chi connectivity index (χ1v) is 8.77. The fourth-order valence-corrected chi connectivity index (χ4v) is 4.00. The highest BCUT2D eigenvalue weighted by Crippen LogP contribution is 2.33. The third-order valence-electron chi connectivity index (χ3n) is 5.07. The molecule has 3 nitrogen and oxygen atoms in total. The van der Waals surface area contributed by atoms with E-state index in [1.54, 1.807) is 0 Å². The van der Waals surface area contributed by atoms with Gasteiger partial charge in [0.05, 0.1) is 11.7 Å². The summed E-state index contributed by atoms with van der Waals surface area (Å²) in [6, 6.07) is 4.94. The van der Waals surface area contributed by atoms with Crippen LogP contribution >= 0.6 is 12.4 Å². The van der Waals surface area contributed by atoms with Crippen molar-refractivity contribution in [3.8, 4) is 0 Å². The quantitative estimate of drug-likeness (QED) is 0.897. The Labute approximate surface area is 141 Å². The second-order valence-corrected chi connectivity index (χ2v) is 6.64. The Morgan fingerprint density at radius 2 is 2.09 bits per heavy atom. The highest BCUT2D eigenvalue weighted by atomic mass is 35.5. The lowest BCUT2D eigenvalue weighted by atomic mass is 9.89. The van der Waals surface area contributed by atoms with E-state index in [1.807, 2.05) is 6.20 Å². The molecule has 1 aliphatic heterocycles. The number of aromatic nitrogens is 1. The second-order valence-electron chi connectivity index (χ2n) is 6.64. The van der Waals surface area contributed by atoms with E-state index in [0.29, 0.717) is 6.04 Å². The molecule has 1 atom stereocenters. The van der Waals surface area contributed by atoms with Crippen LogP contribution < -0.4 is 5.32 Å². The first-order valence-electron chi connectivity index (χ1n) is 8.77. The third kappa shape index (κ3) is 4.21. The molecule has 4 heteroatoms. The zero-order valence-electron chi connectivity index (χ0n) is 13.8. The number of aryl methyl sites for hydroxylation is 1. The number of hydrogen-bond acceptors (Lipinski definition) is 3. The largest absolute Gasteiger partial charge is 0.317 e. The molecule has 1 aromatic rings. The Bertz CT molecular complexity index is 446. The van der Waals surface area contributed by atoms with Gasteiger partial charge in [-0.15, -0.1) is 12.4 Å². The molecule has 0 amide bonds. The Hall–Kier alpha value is -0.640. The van der Waals surface area contributed by atoms with E-state index in [9.17, 15) is 0 Å². The number of fused-ring (bicyclic) bond motifs is 1. The molecular formula is C18H30ClN3. The minimum atomic E-state index is 0. The fourth-order valence-electron chi connectivity index (χ4n) is 4.00. The number of rotatable bonds is 5. The summed E-state index contributed by atoms with van der Waals surface area (Å²) in [6.45, 7) is 7.17. The Morgan fingerprint density at radius 1 is 1.27 bits per heavy atom. The van der Waals surface area contributed by atoms with E-state index < -0.39 is 0 Å². The Balaban J connectivity index is 0.00000176. The maximum Gasteiger partial charge on any atom is 0.0607 e. The number of nitrogens with zero attached hydrogens (tertiary/aromatic N) is 2. The van der Waals surface area contributed by atoms with E-state index in [0.717, 1.165) is 5.92 Å². The van der Waals surface area contributed by atoms with Gasteiger partial charge in [0.2, 0.25) is 0 Å². The molecule has 0 spiro atoms. The van der Waals surface area contributed by atoms with Crippen LogP contribution in [0.25, 0.3) is 0 Å². The summed E-state index contributed by atoms with van der Waals surface area (Å²) in [6.07, 6.45) is 9.71. The van der Waals surface area contributed by atoms with Gasteiger partial charge in [0.1, 0.15) is 0 Å². The molecule has 0 radical (unpaired) electrons. The van der Waals surface area contributed by atoms with Crippen molar-refractivity contribution in [3.63, 3.8) is 0 Å². The van der Waals surface area contributed by atoms with Gasteiger partial charge in [0, 0.05) is 12.7 Å². The summed E-state index contributed by atoms with van der Waals surface area (Å²) in [5, 5.41) is 3.48. The summed E-state index contributed by atoms with van der Waals surface area (Å²) >= 11 is 0. The molecule has 2 heterocycles. The molecule has 1 aromatic heterocycles. The van der Waals surface area contributed by atoms with E-state index >= 15 is 0 Å². The van der Waals surface area contributed by atoms with E-state index in [-0.39, 0.29) is 12.4 Å². The molecule has 0 saturated carbocycles. The zero-order valence-corrected chi connectivity index (χ0v) is 14.6. The van der Waals surface area contributed by atoms with Crippen molar-refractivity contribution in [1.29, 1.82) is 0 Å². The molecule has 1 aliphatic carbocycles. The molecule has 22 heavy (non-hydrogen) atoms. The van der Waals surface area contributed by atoms with Crippen LogP contribution in [0.4, 0.5) is 0 Å². The van der Waals surface area contributed by atoms with Crippen molar-refractivity contribution in [3.05, 3.63) is 29.6 Å². The second kappa shape index (κ2) is 8.85. The van der Waals surface area contributed by atoms with Crippen LogP contribution in [0.1, 0.15) is 56.3 Å². The standard InChI is InChI=1S/C18H29N3.ClH/c1-2-13-21(14-15-8-11-19-12-9-15)17-7-3-5-16-6-4-10-20-18(16)17;/h4,6,10,15,17,19H,2-3,5,7-9,11-14H2,1H3;1H. The molecule has 1 N–H and O–H groups in total. The number of piperidine rings is 1. The maximum atomic E-state index is 4.74. The minimum Gasteiger partial charge on any atom is -0.317 e. The molecule has 124 valence electrons. The monoisotopic (exact) mass is 323 g/mol. The number of nitrogens with one attached hydrogen (secondary N) is 1.